The number of likely N-dealkylation sites (tertiary alicyclic amines) is 1. The van der Waals surface area contributed by atoms with Crippen LogP contribution in [0.1, 0.15) is 38.8 Å². The van der Waals surface area contributed by atoms with Crippen molar-refractivity contribution in [3.8, 4) is 5.75 Å². The first-order chi connectivity index (χ1) is 11.5. The van der Waals surface area contributed by atoms with Gasteiger partial charge < -0.3 is 9.64 Å². The molecule has 1 saturated heterocycles. The SMILES string of the molecule is Cc1cc(OCC(=O)N2[C@H](C)CCC[C@H]2C)c2cccc(F)c2n1. The number of ether oxygens (including phenoxy) is 1. The Morgan fingerprint density at radius 1 is 1.33 bits per heavy atom. The van der Waals surface area contributed by atoms with Crippen LogP contribution in [0.5, 0.6) is 5.75 Å². The molecule has 0 N–H and O–H groups in total. The highest BCUT2D eigenvalue weighted by Gasteiger charge is 2.29. The number of amides is 1. The molecule has 24 heavy (non-hydrogen) atoms. The lowest BCUT2D eigenvalue weighted by molar-refractivity contribution is -0.139. The van der Waals surface area contributed by atoms with Gasteiger partial charge >= 0.3 is 0 Å². The van der Waals surface area contributed by atoms with Crippen LogP contribution in [0.2, 0.25) is 0 Å². The Morgan fingerprint density at radius 3 is 2.75 bits per heavy atom. The highest BCUT2D eigenvalue weighted by Crippen LogP contribution is 2.28. The largest absolute Gasteiger partial charge is 0.483 e. The Morgan fingerprint density at radius 2 is 2.04 bits per heavy atom. The molecule has 128 valence electrons. The minimum absolute atomic E-state index is 0.0197. The maximum Gasteiger partial charge on any atom is 0.260 e. The second-order valence-electron chi connectivity index (χ2n) is 6.62. The van der Waals surface area contributed by atoms with E-state index in [2.05, 4.69) is 18.8 Å². The molecule has 1 aromatic heterocycles. The molecule has 0 bridgehead atoms. The Labute approximate surface area is 141 Å². The molecule has 1 aromatic carbocycles. The van der Waals surface area contributed by atoms with E-state index >= 15 is 0 Å². The molecular weight excluding hydrogens is 307 g/mol. The smallest absolute Gasteiger partial charge is 0.260 e. The molecule has 2 heterocycles. The van der Waals surface area contributed by atoms with Crippen molar-refractivity contribution in [2.45, 2.75) is 52.1 Å². The van der Waals surface area contributed by atoms with Gasteiger partial charge in [0.05, 0.1) is 0 Å². The van der Waals surface area contributed by atoms with Crippen LogP contribution in [-0.2, 0) is 4.79 Å². The zero-order chi connectivity index (χ0) is 17.3. The first-order valence-corrected chi connectivity index (χ1v) is 8.47. The van der Waals surface area contributed by atoms with Crippen molar-refractivity contribution in [2.24, 2.45) is 0 Å². The summed E-state index contributed by atoms with van der Waals surface area (Å²) in [7, 11) is 0. The van der Waals surface area contributed by atoms with E-state index in [1.807, 2.05) is 4.90 Å². The van der Waals surface area contributed by atoms with E-state index in [1.54, 1.807) is 25.1 Å². The maximum absolute atomic E-state index is 13.9. The number of piperidine rings is 1. The molecule has 1 aliphatic rings. The summed E-state index contributed by atoms with van der Waals surface area (Å²) in [4.78, 5) is 18.7. The average Bonchev–Trinajstić information content (AvgIpc) is 2.53. The van der Waals surface area contributed by atoms with Crippen molar-refractivity contribution >= 4 is 16.8 Å². The quantitative estimate of drug-likeness (QED) is 0.858. The molecule has 0 spiro atoms. The molecule has 0 unspecified atom stereocenters. The van der Waals surface area contributed by atoms with E-state index in [1.165, 1.54) is 6.07 Å². The van der Waals surface area contributed by atoms with Crippen molar-refractivity contribution in [1.82, 2.24) is 9.88 Å². The van der Waals surface area contributed by atoms with Gasteiger partial charge in [0.1, 0.15) is 17.1 Å². The lowest BCUT2D eigenvalue weighted by Crippen LogP contribution is -2.49. The van der Waals surface area contributed by atoms with Gasteiger partial charge in [0, 0.05) is 29.2 Å². The minimum Gasteiger partial charge on any atom is -0.483 e. The van der Waals surface area contributed by atoms with E-state index < -0.39 is 0 Å². The van der Waals surface area contributed by atoms with Gasteiger partial charge in [-0.2, -0.15) is 0 Å². The van der Waals surface area contributed by atoms with E-state index in [0.29, 0.717) is 16.8 Å². The summed E-state index contributed by atoms with van der Waals surface area (Å²) in [5.41, 5.74) is 0.939. The molecule has 3 rings (SSSR count). The number of pyridine rings is 1. The van der Waals surface area contributed by atoms with Crippen molar-refractivity contribution in [1.29, 1.82) is 0 Å². The fourth-order valence-electron chi connectivity index (χ4n) is 3.55. The number of carbonyl (C=O) groups is 1. The molecule has 5 heteroatoms. The molecule has 1 aliphatic heterocycles. The number of hydrogen-bond donors (Lipinski definition) is 0. The van der Waals surface area contributed by atoms with Gasteiger partial charge in [-0.05, 0) is 52.2 Å². The lowest BCUT2D eigenvalue weighted by atomic mass is 9.97. The molecule has 1 amide bonds. The minimum atomic E-state index is -0.384. The summed E-state index contributed by atoms with van der Waals surface area (Å²) in [6.45, 7) is 5.91. The van der Waals surface area contributed by atoms with E-state index in [0.717, 1.165) is 19.3 Å². The molecule has 4 nitrogen and oxygen atoms in total. The van der Waals surface area contributed by atoms with E-state index in [4.69, 9.17) is 4.74 Å². The van der Waals surface area contributed by atoms with Crippen molar-refractivity contribution in [3.63, 3.8) is 0 Å². The van der Waals surface area contributed by atoms with Gasteiger partial charge in [0.25, 0.3) is 5.91 Å². The molecule has 1 fully saturated rings. The van der Waals surface area contributed by atoms with Crippen LogP contribution in [0.25, 0.3) is 10.9 Å². The second-order valence-corrected chi connectivity index (χ2v) is 6.62. The predicted octanol–water partition coefficient (Wildman–Crippen LogP) is 3.85. The Kier molecular flexibility index (Phi) is 4.69. The molecular formula is C19H23FN2O2. The zero-order valence-electron chi connectivity index (χ0n) is 14.4. The number of rotatable bonds is 3. The van der Waals surface area contributed by atoms with E-state index in [-0.39, 0.29) is 35.9 Å². The highest BCUT2D eigenvalue weighted by atomic mass is 19.1. The number of para-hydroxylation sites is 1. The monoisotopic (exact) mass is 330 g/mol. The van der Waals surface area contributed by atoms with Crippen molar-refractivity contribution in [3.05, 3.63) is 35.8 Å². The number of halogens is 1. The number of fused-ring (bicyclic) bond motifs is 1. The number of aryl methyl sites for hydroxylation is 1. The maximum atomic E-state index is 13.9. The van der Waals surface area contributed by atoms with E-state index in [9.17, 15) is 9.18 Å². The molecule has 0 radical (unpaired) electrons. The summed E-state index contributed by atoms with van der Waals surface area (Å²) in [6, 6.07) is 6.98. The third kappa shape index (κ3) is 3.21. The standard InChI is InChI=1S/C19H23FN2O2/c1-12-10-17(15-8-5-9-16(20)19(15)21-12)24-11-18(23)22-13(2)6-4-7-14(22)3/h5,8-10,13-14H,4,6-7,11H2,1-3H3/t13-,14-/m1/s1. The van der Waals surface area contributed by atoms with Gasteiger partial charge in [-0.1, -0.05) is 6.07 Å². The van der Waals surface area contributed by atoms with Crippen molar-refractivity contribution in [2.75, 3.05) is 6.61 Å². The number of nitrogens with zero attached hydrogens (tertiary/aromatic N) is 2. The van der Waals surface area contributed by atoms with Gasteiger partial charge in [-0.15, -0.1) is 0 Å². The average molecular weight is 330 g/mol. The van der Waals surface area contributed by atoms with Crippen LogP contribution in [0, 0.1) is 12.7 Å². The second kappa shape index (κ2) is 6.75. The molecule has 0 aliphatic carbocycles. The van der Waals surface area contributed by atoms with Crippen LogP contribution in [0.15, 0.2) is 24.3 Å². The van der Waals surface area contributed by atoms with Crippen LogP contribution in [-0.4, -0.2) is 34.5 Å². The third-order valence-electron chi connectivity index (χ3n) is 4.71. The summed E-state index contributed by atoms with van der Waals surface area (Å²) in [5, 5.41) is 0.591. The predicted molar refractivity (Wildman–Crippen MR) is 91.6 cm³/mol. The van der Waals surface area contributed by atoms with Crippen LogP contribution in [0.4, 0.5) is 4.39 Å². The van der Waals surface area contributed by atoms with Crippen LogP contribution < -0.4 is 4.74 Å². The molecule has 0 saturated carbocycles. The summed E-state index contributed by atoms with van der Waals surface area (Å²) in [6.07, 6.45) is 3.21. The highest BCUT2D eigenvalue weighted by molar-refractivity contribution is 5.86. The number of aromatic nitrogens is 1. The van der Waals surface area contributed by atoms with Gasteiger partial charge in [-0.3, -0.25) is 4.79 Å². The normalized spacial score (nSPS) is 21.1. The summed E-state index contributed by atoms with van der Waals surface area (Å²) < 4.78 is 19.7. The summed E-state index contributed by atoms with van der Waals surface area (Å²) in [5.74, 6) is 0.0991. The van der Waals surface area contributed by atoms with Crippen LogP contribution in [0.3, 0.4) is 0 Å². The number of benzene rings is 1. The first-order valence-electron chi connectivity index (χ1n) is 8.47. The van der Waals surface area contributed by atoms with Crippen LogP contribution >= 0.6 is 0 Å². The topological polar surface area (TPSA) is 42.4 Å². The van der Waals surface area contributed by atoms with Gasteiger partial charge in [-0.25, -0.2) is 9.37 Å². The van der Waals surface area contributed by atoms with Gasteiger partial charge in [0.15, 0.2) is 6.61 Å². The Hall–Kier alpha value is -2.17. The third-order valence-corrected chi connectivity index (χ3v) is 4.71. The van der Waals surface area contributed by atoms with Gasteiger partial charge in [0.2, 0.25) is 0 Å². The number of carbonyl (C=O) groups excluding carboxylic acids is 1. The summed E-state index contributed by atoms with van der Waals surface area (Å²) >= 11 is 0. The molecule has 2 atom stereocenters. The fourth-order valence-corrected chi connectivity index (χ4v) is 3.55. The van der Waals surface area contributed by atoms with Crippen molar-refractivity contribution < 1.29 is 13.9 Å². The number of hydrogen-bond acceptors (Lipinski definition) is 3. The molecule has 2 aromatic rings. The Bertz CT molecular complexity index is 752. The fraction of sp³-hybridized carbons (Fsp3) is 0.474. The zero-order valence-corrected chi connectivity index (χ0v) is 14.4. The first kappa shape index (κ1) is 16.7. The lowest BCUT2D eigenvalue weighted by Gasteiger charge is -2.39. The Balaban J connectivity index is 1.80.